The summed E-state index contributed by atoms with van der Waals surface area (Å²) in [5.41, 5.74) is -1.50. The first-order valence-electron chi connectivity index (χ1n) is 5.70. The predicted octanol–water partition coefficient (Wildman–Crippen LogP) is 3.85. The summed E-state index contributed by atoms with van der Waals surface area (Å²) in [7, 11) is 1.16. The number of ether oxygens (including phenoxy) is 1. The Morgan fingerprint density at radius 3 is 2.36 bits per heavy atom. The van der Waals surface area contributed by atoms with Crippen molar-refractivity contribution in [2.45, 2.75) is 6.18 Å². The molecule has 1 aromatic heterocycles. The van der Waals surface area contributed by atoms with Crippen molar-refractivity contribution in [3.63, 3.8) is 0 Å². The lowest BCUT2D eigenvalue weighted by atomic mass is 10.0. The van der Waals surface area contributed by atoms with E-state index in [9.17, 15) is 23.3 Å². The van der Waals surface area contributed by atoms with Crippen molar-refractivity contribution in [3.05, 3.63) is 52.1 Å². The molecule has 0 saturated carbocycles. The van der Waals surface area contributed by atoms with Crippen LogP contribution < -0.4 is 10.9 Å². The number of pyridine rings is 1. The normalized spacial score (nSPS) is 10.7. The molecular weight excluding hydrogens is 303 g/mol. The maximum absolute atomic E-state index is 13.0. The molecule has 0 atom stereocenters. The van der Waals surface area contributed by atoms with Gasteiger partial charge in [-0.3, -0.25) is 10.1 Å². The first-order valence-corrected chi connectivity index (χ1v) is 5.70. The molecule has 0 fully saturated rings. The van der Waals surface area contributed by atoms with Crippen LogP contribution in [0, 0.1) is 10.1 Å². The van der Waals surface area contributed by atoms with Crippen molar-refractivity contribution in [3.8, 4) is 17.1 Å². The summed E-state index contributed by atoms with van der Waals surface area (Å²) in [6.45, 7) is 0. The molecule has 0 spiro atoms. The number of benzene rings is 1. The highest BCUT2D eigenvalue weighted by molar-refractivity contribution is 5.66. The maximum atomic E-state index is 13.0. The third-order valence-corrected chi connectivity index (χ3v) is 2.74. The van der Waals surface area contributed by atoms with Crippen LogP contribution in [0.4, 0.5) is 18.9 Å². The summed E-state index contributed by atoms with van der Waals surface area (Å²) in [5.74, 6) is -0.338. The Labute approximate surface area is 123 Å². The van der Waals surface area contributed by atoms with Gasteiger partial charge in [-0.05, 0) is 12.1 Å². The zero-order valence-electron chi connectivity index (χ0n) is 11.4. The van der Waals surface area contributed by atoms with Crippen LogP contribution in [0.25, 0.3) is 11.3 Å². The van der Waals surface area contributed by atoms with Crippen LogP contribution in [0.1, 0.15) is 5.56 Å². The second kappa shape index (κ2) is 6.39. The van der Waals surface area contributed by atoms with Crippen molar-refractivity contribution in [2.24, 2.45) is 0 Å². The number of rotatable bonds is 3. The van der Waals surface area contributed by atoms with Crippen LogP contribution >= 0.6 is 0 Å². The van der Waals surface area contributed by atoms with Crippen LogP contribution in [0.2, 0.25) is 0 Å². The lowest BCUT2D eigenvalue weighted by molar-refractivity contribution is -0.386. The predicted molar refractivity (Wildman–Crippen MR) is 72.9 cm³/mol. The number of hydrogen-bond donors (Lipinski definition) is 1. The van der Waals surface area contributed by atoms with Gasteiger partial charge in [0.05, 0.1) is 23.3 Å². The minimum Gasteiger partial charge on any atom is -0.476 e. The maximum Gasteiger partial charge on any atom is 0.417 e. The van der Waals surface area contributed by atoms with E-state index in [1.54, 1.807) is 0 Å². The Morgan fingerprint density at radius 1 is 1.18 bits per heavy atom. The number of alkyl halides is 3. The van der Waals surface area contributed by atoms with Crippen molar-refractivity contribution < 1.29 is 22.8 Å². The Kier molecular flexibility index (Phi) is 5.05. The van der Waals surface area contributed by atoms with E-state index in [2.05, 4.69) is 4.98 Å². The van der Waals surface area contributed by atoms with Gasteiger partial charge in [0.25, 0.3) is 5.88 Å². The van der Waals surface area contributed by atoms with Gasteiger partial charge in [-0.1, -0.05) is 18.2 Å². The number of aromatic nitrogens is 1. The van der Waals surface area contributed by atoms with Crippen LogP contribution in [0.5, 0.6) is 5.88 Å². The molecule has 0 amide bonds. The van der Waals surface area contributed by atoms with Gasteiger partial charge in [0.15, 0.2) is 0 Å². The molecular formula is C13H12F3N3O3. The SMILES string of the molecule is COc1nc(-c2ccccc2C(F)(F)F)ccc1[N+](=O)[O-].N. The molecule has 0 unspecified atom stereocenters. The molecule has 0 aliphatic carbocycles. The monoisotopic (exact) mass is 315 g/mol. The van der Waals surface area contributed by atoms with E-state index in [0.717, 1.165) is 25.3 Å². The molecule has 0 aliphatic rings. The first-order chi connectivity index (χ1) is 9.84. The highest BCUT2D eigenvalue weighted by Gasteiger charge is 2.34. The van der Waals surface area contributed by atoms with Crippen molar-refractivity contribution in [1.82, 2.24) is 11.1 Å². The largest absolute Gasteiger partial charge is 0.476 e. The van der Waals surface area contributed by atoms with Crippen LogP contribution in [0.3, 0.4) is 0 Å². The second-order valence-electron chi connectivity index (χ2n) is 4.03. The summed E-state index contributed by atoms with van der Waals surface area (Å²) in [5, 5.41) is 10.8. The summed E-state index contributed by atoms with van der Waals surface area (Å²) in [4.78, 5) is 13.8. The quantitative estimate of drug-likeness (QED) is 0.685. The summed E-state index contributed by atoms with van der Waals surface area (Å²) >= 11 is 0. The number of methoxy groups -OCH3 is 1. The third-order valence-electron chi connectivity index (χ3n) is 2.74. The zero-order chi connectivity index (χ0) is 15.6. The molecule has 2 aromatic rings. The molecule has 0 aliphatic heterocycles. The van der Waals surface area contributed by atoms with Gasteiger partial charge < -0.3 is 10.9 Å². The van der Waals surface area contributed by atoms with E-state index in [4.69, 9.17) is 4.74 Å². The lowest BCUT2D eigenvalue weighted by Gasteiger charge is -2.12. The van der Waals surface area contributed by atoms with E-state index >= 15 is 0 Å². The Bertz CT molecular complexity index is 690. The minimum absolute atomic E-state index is 0. The number of nitro groups is 1. The third kappa shape index (κ3) is 3.31. The molecule has 1 aromatic carbocycles. The van der Waals surface area contributed by atoms with E-state index in [1.165, 1.54) is 18.2 Å². The number of halogens is 3. The van der Waals surface area contributed by atoms with Crippen molar-refractivity contribution in [2.75, 3.05) is 7.11 Å². The molecule has 9 heteroatoms. The number of hydrogen-bond acceptors (Lipinski definition) is 5. The average Bonchev–Trinajstić information content (AvgIpc) is 2.45. The smallest absolute Gasteiger partial charge is 0.417 e. The molecule has 0 bridgehead atoms. The molecule has 2 rings (SSSR count). The fraction of sp³-hybridized carbons (Fsp3) is 0.154. The fourth-order valence-electron chi connectivity index (χ4n) is 1.83. The highest BCUT2D eigenvalue weighted by atomic mass is 19.4. The van der Waals surface area contributed by atoms with E-state index in [1.807, 2.05) is 0 Å². The molecule has 3 N–H and O–H groups in total. The van der Waals surface area contributed by atoms with E-state index < -0.39 is 22.4 Å². The van der Waals surface area contributed by atoms with Crippen LogP contribution in [0.15, 0.2) is 36.4 Å². The van der Waals surface area contributed by atoms with Gasteiger partial charge in [-0.15, -0.1) is 0 Å². The molecule has 118 valence electrons. The van der Waals surface area contributed by atoms with Gasteiger partial charge in [0, 0.05) is 11.6 Å². The standard InChI is InChI=1S/C13H9F3N2O3.H3N/c1-21-12-11(18(19)20)7-6-10(17-12)8-4-2-3-5-9(8)13(14,15)16;/h2-7H,1H3;1H3. The fourth-order valence-corrected chi connectivity index (χ4v) is 1.83. The molecule has 0 saturated heterocycles. The Balaban J connectivity index is 0.00000242. The number of nitrogens with zero attached hydrogens (tertiary/aromatic N) is 2. The minimum atomic E-state index is -4.55. The molecule has 22 heavy (non-hydrogen) atoms. The van der Waals surface area contributed by atoms with Gasteiger partial charge in [0.1, 0.15) is 0 Å². The lowest BCUT2D eigenvalue weighted by Crippen LogP contribution is -2.07. The topological polar surface area (TPSA) is 100 Å². The molecule has 6 nitrogen and oxygen atoms in total. The summed E-state index contributed by atoms with van der Waals surface area (Å²) < 4.78 is 43.6. The van der Waals surface area contributed by atoms with Gasteiger partial charge in [-0.2, -0.15) is 13.2 Å². The summed E-state index contributed by atoms with van der Waals surface area (Å²) in [6.07, 6.45) is -4.55. The van der Waals surface area contributed by atoms with Gasteiger partial charge >= 0.3 is 11.9 Å². The molecule has 1 heterocycles. The van der Waals surface area contributed by atoms with E-state index in [0.29, 0.717) is 0 Å². The average molecular weight is 315 g/mol. The van der Waals surface area contributed by atoms with Crippen LogP contribution in [-0.2, 0) is 6.18 Å². The van der Waals surface area contributed by atoms with Crippen molar-refractivity contribution >= 4 is 5.69 Å². The van der Waals surface area contributed by atoms with Gasteiger partial charge in [-0.25, -0.2) is 4.98 Å². The Morgan fingerprint density at radius 2 is 1.82 bits per heavy atom. The highest BCUT2D eigenvalue weighted by Crippen LogP contribution is 2.37. The molecule has 0 radical (unpaired) electrons. The Hall–Kier alpha value is -2.68. The van der Waals surface area contributed by atoms with E-state index in [-0.39, 0.29) is 23.3 Å². The zero-order valence-corrected chi connectivity index (χ0v) is 11.4. The van der Waals surface area contributed by atoms with Crippen LogP contribution in [-0.4, -0.2) is 17.0 Å². The second-order valence-corrected chi connectivity index (χ2v) is 4.03. The first kappa shape index (κ1) is 17.4. The van der Waals surface area contributed by atoms with Crippen molar-refractivity contribution in [1.29, 1.82) is 0 Å². The summed E-state index contributed by atoms with van der Waals surface area (Å²) in [6, 6.07) is 7.08. The van der Waals surface area contributed by atoms with Gasteiger partial charge in [0.2, 0.25) is 0 Å².